The molecule has 10 aliphatic carbocycles. The van der Waals surface area contributed by atoms with E-state index in [0.29, 0.717) is 5.92 Å². The van der Waals surface area contributed by atoms with Gasteiger partial charge in [0.05, 0.1) is 0 Å². The lowest BCUT2D eigenvalue weighted by Crippen LogP contribution is -2.66. The van der Waals surface area contributed by atoms with Crippen molar-refractivity contribution in [2.75, 3.05) is 0 Å². The second-order valence-corrected chi connectivity index (χ2v) is 34.0. The second kappa shape index (κ2) is 32.2. The highest BCUT2D eigenvalue weighted by Gasteiger charge is 2.69. The van der Waals surface area contributed by atoms with Crippen LogP contribution in [0.15, 0.2) is 0 Å². The Kier molecular flexibility index (Phi) is 31.3. The lowest BCUT2D eigenvalue weighted by Gasteiger charge is -2.72. The van der Waals surface area contributed by atoms with Gasteiger partial charge in [0, 0.05) is 0 Å². The fourth-order valence-corrected chi connectivity index (χ4v) is 12.0. The fourth-order valence-electron chi connectivity index (χ4n) is 12.0. The molecular weight excluding hydrogens is 913 g/mol. The van der Waals surface area contributed by atoms with Crippen LogP contribution in [0.2, 0.25) is 0 Å². The van der Waals surface area contributed by atoms with E-state index in [4.69, 9.17) is 0 Å². The summed E-state index contributed by atoms with van der Waals surface area (Å²) in [6.07, 6.45) is 56.5. The molecule has 76 heavy (non-hydrogen) atoms. The Balaban J connectivity index is 0.000000612. The minimum Gasteiger partial charge on any atom is -0.0620 e. The van der Waals surface area contributed by atoms with E-state index in [1.165, 1.54) is 244 Å². The highest BCUT2D eigenvalue weighted by molar-refractivity contribution is 5.18. The maximum Gasteiger partial charge on any atom is -0.0241 e. The van der Waals surface area contributed by atoms with Gasteiger partial charge in [0.15, 0.2) is 0 Å². The van der Waals surface area contributed by atoms with E-state index in [-0.39, 0.29) is 65.0 Å². The van der Waals surface area contributed by atoms with Crippen molar-refractivity contribution in [1.82, 2.24) is 0 Å². The second-order valence-electron chi connectivity index (χ2n) is 34.0. The normalized spacial score (nSPS) is 29.6. The van der Waals surface area contributed by atoms with Gasteiger partial charge in [-0.2, -0.15) is 0 Å². The van der Waals surface area contributed by atoms with Crippen molar-refractivity contribution in [2.45, 2.75) is 417 Å². The molecule has 0 nitrogen and oxygen atoms in total. The molecule has 1 unspecified atom stereocenters. The molecule has 10 fully saturated rings. The Bertz CT molecular complexity index is 1310. The summed E-state index contributed by atoms with van der Waals surface area (Å²) in [4.78, 5) is 0. The molecule has 0 aromatic rings. The zero-order valence-corrected chi connectivity index (χ0v) is 58.4. The van der Waals surface area contributed by atoms with Crippen molar-refractivity contribution in [1.29, 1.82) is 0 Å². The topological polar surface area (TPSA) is 0 Å². The van der Waals surface area contributed by atoms with Crippen LogP contribution < -0.4 is 0 Å². The van der Waals surface area contributed by atoms with Gasteiger partial charge in [-0.25, -0.2) is 0 Å². The van der Waals surface area contributed by atoms with Crippen molar-refractivity contribution >= 4 is 0 Å². The third kappa shape index (κ3) is 18.2. The lowest BCUT2D eigenvalue weighted by atomic mass is 9.32. The van der Waals surface area contributed by atoms with Crippen LogP contribution in [0.5, 0.6) is 0 Å². The largest absolute Gasteiger partial charge is 0.0620 e. The molecular formula is C76H152. The van der Waals surface area contributed by atoms with Crippen molar-refractivity contribution in [3.8, 4) is 0 Å². The molecule has 0 heterocycles. The summed E-state index contributed by atoms with van der Waals surface area (Å²) in [6, 6.07) is 0. The fraction of sp³-hybridized carbons (Fsp3) is 1.00. The minimum atomic E-state index is 0.0449. The number of hydrogen-bond acceptors (Lipinski definition) is 0. The van der Waals surface area contributed by atoms with Crippen LogP contribution >= 0.6 is 0 Å². The summed E-state index contributed by atoms with van der Waals surface area (Å²) >= 11 is 0. The Hall–Kier alpha value is 0. The Morgan fingerprint density at radius 2 is 0.289 bits per heavy atom. The first-order valence-electron chi connectivity index (χ1n) is 34.9. The molecule has 0 aromatic carbocycles. The van der Waals surface area contributed by atoms with Crippen molar-refractivity contribution in [2.24, 2.45) is 70.9 Å². The van der Waals surface area contributed by atoms with E-state index in [1.54, 1.807) is 0 Å². The van der Waals surface area contributed by atoms with E-state index >= 15 is 0 Å². The standard InChI is InChI=1S/C40H80.9C4H8/c1-28-26-27-29(2,3)31(6,7)33(10,11)35(14,15)37(18,19)39(22,23)40(24,25)38(20,21)36(16,17)34(12,13)32(8,9)30(28,4)5;9*1-2-4-3-1/h28H,26-27H2,1-25H3;9*1-4H2. The number of hydrogen-bond donors (Lipinski definition) is 0. The van der Waals surface area contributed by atoms with Crippen LogP contribution in [0, 0.1) is 70.9 Å². The average molecular weight is 1070 g/mol. The summed E-state index contributed by atoms with van der Waals surface area (Å²) in [7, 11) is 0. The Morgan fingerprint density at radius 3 is 0.421 bits per heavy atom. The zero-order valence-electron chi connectivity index (χ0n) is 58.4. The van der Waals surface area contributed by atoms with E-state index in [9.17, 15) is 0 Å². The van der Waals surface area contributed by atoms with Crippen molar-refractivity contribution < 1.29 is 0 Å². The van der Waals surface area contributed by atoms with Crippen molar-refractivity contribution in [3.63, 3.8) is 0 Å². The SMILES string of the molecule is C1CCC1.C1CCC1.C1CCC1.C1CCC1.C1CCC1.C1CCC1.C1CCC1.C1CCC1.C1CCC1.CC1CCC(C)(C)C(C)(C)C(C)(C)C(C)(C)C(C)(C)C(C)(C)C(C)(C)C(C)(C)C(C)(C)C(C)(C)C(C)(C)C1(C)C. The Labute approximate surface area is 485 Å². The van der Waals surface area contributed by atoms with Gasteiger partial charge in [0.25, 0.3) is 0 Å². The van der Waals surface area contributed by atoms with Crippen LogP contribution in [0.1, 0.15) is 417 Å². The van der Waals surface area contributed by atoms with Crippen LogP contribution in [0.3, 0.4) is 0 Å². The molecule has 0 amide bonds. The maximum atomic E-state index is 2.61. The third-order valence-corrected chi connectivity index (χ3v) is 28.8. The van der Waals surface area contributed by atoms with Gasteiger partial charge in [-0.1, -0.05) is 404 Å². The van der Waals surface area contributed by atoms with Gasteiger partial charge in [-0.15, -0.1) is 0 Å². The number of rotatable bonds is 0. The van der Waals surface area contributed by atoms with Crippen LogP contribution in [-0.2, 0) is 0 Å². The molecule has 0 N–H and O–H groups in total. The summed E-state index contributed by atoms with van der Waals surface area (Å²) in [5, 5.41) is 0. The smallest absolute Gasteiger partial charge is 0.0241 e. The molecule has 456 valence electrons. The summed E-state index contributed by atoms with van der Waals surface area (Å²) in [6.45, 7) is 65.0. The van der Waals surface area contributed by atoms with E-state index in [2.05, 4.69) is 173 Å². The molecule has 0 bridgehead atoms. The Morgan fingerprint density at radius 1 is 0.171 bits per heavy atom. The van der Waals surface area contributed by atoms with Gasteiger partial charge in [-0.3, -0.25) is 0 Å². The molecule has 10 aliphatic rings. The summed E-state index contributed by atoms with van der Waals surface area (Å²) < 4.78 is 0. The average Bonchev–Trinajstić information content (AvgIpc) is 3.06. The minimum absolute atomic E-state index is 0.0449. The molecule has 0 radical (unpaired) electrons. The quantitative estimate of drug-likeness (QED) is 0.227. The molecule has 0 aromatic heterocycles. The molecule has 0 saturated heterocycles. The molecule has 10 rings (SSSR count). The first-order chi connectivity index (χ1) is 34.9. The highest BCUT2D eigenvalue weighted by Crippen LogP contribution is 2.76. The van der Waals surface area contributed by atoms with Crippen LogP contribution in [0.25, 0.3) is 0 Å². The van der Waals surface area contributed by atoms with Gasteiger partial charge in [0.2, 0.25) is 0 Å². The monoisotopic (exact) mass is 1070 g/mol. The predicted molar refractivity (Wildman–Crippen MR) is 350 cm³/mol. The van der Waals surface area contributed by atoms with Gasteiger partial charge in [-0.05, 0) is 83.7 Å². The third-order valence-electron chi connectivity index (χ3n) is 28.8. The van der Waals surface area contributed by atoms with Crippen molar-refractivity contribution in [3.05, 3.63) is 0 Å². The predicted octanol–water partition coefficient (Wildman–Crippen LogP) is 27.8. The van der Waals surface area contributed by atoms with Gasteiger partial charge in [0.1, 0.15) is 0 Å². The van der Waals surface area contributed by atoms with E-state index in [0.717, 1.165) is 0 Å². The molecule has 0 spiro atoms. The maximum absolute atomic E-state index is 2.61. The van der Waals surface area contributed by atoms with Gasteiger partial charge < -0.3 is 0 Å². The molecule has 10 saturated carbocycles. The first-order valence-corrected chi connectivity index (χ1v) is 34.9. The van der Waals surface area contributed by atoms with Crippen LogP contribution in [0.4, 0.5) is 0 Å². The summed E-state index contributed by atoms with van der Waals surface area (Å²) in [5.41, 5.74) is 1.15. The summed E-state index contributed by atoms with van der Waals surface area (Å²) in [5.74, 6) is 0.623. The first kappa shape index (κ1) is 74.0. The van der Waals surface area contributed by atoms with E-state index in [1.807, 2.05) is 0 Å². The zero-order chi connectivity index (χ0) is 58.4. The lowest BCUT2D eigenvalue weighted by molar-refractivity contribution is -0.245. The highest BCUT2D eigenvalue weighted by atomic mass is 14.7. The van der Waals surface area contributed by atoms with Gasteiger partial charge >= 0.3 is 0 Å². The molecule has 1 atom stereocenters. The van der Waals surface area contributed by atoms with E-state index < -0.39 is 0 Å². The van der Waals surface area contributed by atoms with Crippen LogP contribution in [-0.4, -0.2) is 0 Å². The molecule has 0 aliphatic heterocycles. The molecule has 0 heteroatoms.